The predicted octanol–water partition coefficient (Wildman–Crippen LogP) is 2.10. The lowest BCUT2D eigenvalue weighted by atomic mass is 10.2. The van der Waals surface area contributed by atoms with E-state index in [4.69, 9.17) is 4.74 Å². The van der Waals surface area contributed by atoms with Gasteiger partial charge in [0.2, 0.25) is 10.0 Å². The van der Waals surface area contributed by atoms with Crippen LogP contribution in [0, 0.1) is 6.92 Å². The van der Waals surface area contributed by atoms with E-state index >= 15 is 0 Å². The van der Waals surface area contributed by atoms with E-state index in [2.05, 4.69) is 10.0 Å². The van der Waals surface area contributed by atoms with Gasteiger partial charge in [-0.25, -0.2) is 13.1 Å². The standard InChI is InChI=1S/C18H22N2O4S/c1-13-7-9-16(10-8-13)24-12-14(2)20-18(21)15-5-4-6-17(11-15)25(22,23)19-3/h4-11,14,19H,12H2,1-3H3,(H,20,21). The third-order valence-corrected chi connectivity index (χ3v) is 4.99. The molecule has 2 aromatic rings. The van der Waals surface area contributed by atoms with Crippen molar-refractivity contribution in [3.63, 3.8) is 0 Å². The largest absolute Gasteiger partial charge is 0.491 e. The number of amides is 1. The van der Waals surface area contributed by atoms with E-state index < -0.39 is 10.0 Å². The second kappa shape index (κ2) is 8.13. The van der Waals surface area contributed by atoms with Gasteiger partial charge in [0.1, 0.15) is 12.4 Å². The van der Waals surface area contributed by atoms with Gasteiger partial charge in [0.15, 0.2) is 0 Å². The van der Waals surface area contributed by atoms with Gasteiger partial charge in [0, 0.05) is 5.56 Å². The summed E-state index contributed by atoms with van der Waals surface area (Å²) < 4.78 is 31.5. The van der Waals surface area contributed by atoms with Gasteiger partial charge in [0.25, 0.3) is 5.91 Å². The van der Waals surface area contributed by atoms with Crippen LogP contribution in [0.3, 0.4) is 0 Å². The molecule has 25 heavy (non-hydrogen) atoms. The second-order valence-electron chi connectivity index (χ2n) is 5.73. The molecule has 1 atom stereocenters. The molecule has 0 aromatic heterocycles. The van der Waals surface area contributed by atoms with Crippen LogP contribution in [0.1, 0.15) is 22.8 Å². The molecule has 0 aliphatic heterocycles. The zero-order valence-electron chi connectivity index (χ0n) is 14.4. The van der Waals surface area contributed by atoms with E-state index in [-0.39, 0.29) is 22.4 Å². The Labute approximate surface area is 148 Å². The van der Waals surface area contributed by atoms with E-state index in [1.165, 1.54) is 25.2 Å². The molecule has 6 nitrogen and oxygen atoms in total. The van der Waals surface area contributed by atoms with E-state index in [0.717, 1.165) is 11.3 Å². The van der Waals surface area contributed by atoms with Gasteiger partial charge in [-0.1, -0.05) is 23.8 Å². The molecule has 0 aliphatic carbocycles. The van der Waals surface area contributed by atoms with Gasteiger partial charge >= 0.3 is 0 Å². The average molecular weight is 362 g/mol. The maximum absolute atomic E-state index is 12.3. The smallest absolute Gasteiger partial charge is 0.251 e. The zero-order chi connectivity index (χ0) is 18.4. The van der Waals surface area contributed by atoms with Crippen LogP contribution in [0.2, 0.25) is 0 Å². The number of rotatable bonds is 7. The molecule has 0 saturated heterocycles. The minimum Gasteiger partial charge on any atom is -0.491 e. The number of benzene rings is 2. The number of carbonyl (C=O) groups is 1. The molecular weight excluding hydrogens is 340 g/mol. The monoisotopic (exact) mass is 362 g/mol. The van der Waals surface area contributed by atoms with Gasteiger partial charge in [-0.2, -0.15) is 0 Å². The third-order valence-electron chi connectivity index (χ3n) is 3.57. The summed E-state index contributed by atoms with van der Waals surface area (Å²) in [6, 6.07) is 13.3. The molecule has 0 radical (unpaired) electrons. The number of ether oxygens (including phenoxy) is 1. The molecule has 7 heteroatoms. The quantitative estimate of drug-likeness (QED) is 0.790. The van der Waals surface area contributed by atoms with Crippen molar-refractivity contribution in [2.75, 3.05) is 13.7 Å². The highest BCUT2D eigenvalue weighted by atomic mass is 32.2. The molecule has 2 aromatic carbocycles. The average Bonchev–Trinajstić information content (AvgIpc) is 2.61. The normalized spacial score (nSPS) is 12.4. The van der Waals surface area contributed by atoms with Crippen LogP contribution < -0.4 is 14.8 Å². The molecule has 0 bridgehead atoms. The fourth-order valence-corrected chi connectivity index (χ4v) is 2.90. The van der Waals surface area contributed by atoms with Crippen molar-refractivity contribution in [1.82, 2.24) is 10.0 Å². The Kier molecular flexibility index (Phi) is 6.17. The third kappa shape index (κ3) is 5.30. The van der Waals surface area contributed by atoms with Crippen molar-refractivity contribution in [3.05, 3.63) is 59.7 Å². The minimum atomic E-state index is -3.59. The Balaban J connectivity index is 1.97. The summed E-state index contributed by atoms with van der Waals surface area (Å²) in [7, 11) is -2.26. The van der Waals surface area contributed by atoms with Gasteiger partial charge in [-0.05, 0) is 51.2 Å². The second-order valence-corrected chi connectivity index (χ2v) is 7.62. The molecule has 134 valence electrons. The summed E-state index contributed by atoms with van der Waals surface area (Å²) in [6.07, 6.45) is 0. The van der Waals surface area contributed by atoms with Crippen LogP contribution in [0.5, 0.6) is 5.75 Å². The first-order valence-electron chi connectivity index (χ1n) is 7.86. The maximum atomic E-state index is 12.3. The van der Waals surface area contributed by atoms with Crippen molar-refractivity contribution < 1.29 is 17.9 Å². The molecule has 0 spiro atoms. The molecule has 1 amide bonds. The van der Waals surface area contributed by atoms with Crippen LogP contribution in [-0.2, 0) is 10.0 Å². The highest BCUT2D eigenvalue weighted by Gasteiger charge is 2.15. The van der Waals surface area contributed by atoms with Crippen LogP contribution in [0.4, 0.5) is 0 Å². The maximum Gasteiger partial charge on any atom is 0.251 e. The lowest BCUT2D eigenvalue weighted by Gasteiger charge is -2.15. The van der Waals surface area contributed by atoms with E-state index in [1.54, 1.807) is 6.07 Å². The predicted molar refractivity (Wildman–Crippen MR) is 96.3 cm³/mol. The highest BCUT2D eigenvalue weighted by molar-refractivity contribution is 7.89. The highest BCUT2D eigenvalue weighted by Crippen LogP contribution is 2.13. The Morgan fingerprint density at radius 2 is 1.84 bits per heavy atom. The molecule has 0 aliphatic rings. The van der Waals surface area contributed by atoms with Crippen LogP contribution >= 0.6 is 0 Å². The molecular formula is C18H22N2O4S. The summed E-state index contributed by atoms with van der Waals surface area (Å²) >= 11 is 0. The number of nitrogens with one attached hydrogen (secondary N) is 2. The molecule has 0 saturated carbocycles. The summed E-state index contributed by atoms with van der Waals surface area (Å²) in [5.74, 6) is 0.377. The number of aryl methyl sites for hydroxylation is 1. The van der Waals surface area contributed by atoms with Crippen molar-refractivity contribution in [3.8, 4) is 5.75 Å². The van der Waals surface area contributed by atoms with Crippen molar-refractivity contribution in [2.45, 2.75) is 24.8 Å². The summed E-state index contributed by atoms with van der Waals surface area (Å²) in [4.78, 5) is 12.3. The van der Waals surface area contributed by atoms with Crippen molar-refractivity contribution >= 4 is 15.9 Å². The number of hydrogen-bond acceptors (Lipinski definition) is 4. The van der Waals surface area contributed by atoms with Gasteiger partial charge in [-0.15, -0.1) is 0 Å². The van der Waals surface area contributed by atoms with Gasteiger partial charge in [0.05, 0.1) is 10.9 Å². The Morgan fingerprint density at radius 3 is 2.48 bits per heavy atom. The van der Waals surface area contributed by atoms with Crippen LogP contribution in [0.15, 0.2) is 53.4 Å². The zero-order valence-corrected chi connectivity index (χ0v) is 15.3. The first kappa shape index (κ1) is 19.0. The van der Waals surface area contributed by atoms with Gasteiger partial charge in [-0.3, -0.25) is 4.79 Å². The van der Waals surface area contributed by atoms with E-state index in [9.17, 15) is 13.2 Å². The molecule has 2 N–H and O–H groups in total. The lowest BCUT2D eigenvalue weighted by molar-refractivity contribution is 0.0926. The molecule has 1 unspecified atom stereocenters. The van der Waals surface area contributed by atoms with Gasteiger partial charge < -0.3 is 10.1 Å². The minimum absolute atomic E-state index is 0.0474. The summed E-state index contributed by atoms with van der Waals surface area (Å²) in [6.45, 7) is 4.12. The number of carbonyl (C=O) groups excluding carboxylic acids is 1. The molecule has 0 fully saturated rings. The lowest BCUT2D eigenvalue weighted by Crippen LogP contribution is -2.36. The van der Waals surface area contributed by atoms with Crippen LogP contribution in [-0.4, -0.2) is 34.0 Å². The number of hydrogen-bond donors (Lipinski definition) is 2. The Morgan fingerprint density at radius 1 is 1.16 bits per heavy atom. The fraction of sp³-hybridized carbons (Fsp3) is 0.278. The first-order valence-corrected chi connectivity index (χ1v) is 9.34. The Bertz CT molecular complexity index is 832. The van der Waals surface area contributed by atoms with Crippen LogP contribution in [0.25, 0.3) is 0 Å². The van der Waals surface area contributed by atoms with Crippen molar-refractivity contribution in [2.24, 2.45) is 0 Å². The van der Waals surface area contributed by atoms with E-state index in [0.29, 0.717) is 6.61 Å². The number of sulfonamides is 1. The Hall–Kier alpha value is -2.38. The SMILES string of the molecule is CNS(=O)(=O)c1cccc(C(=O)NC(C)COc2ccc(C)cc2)c1. The topological polar surface area (TPSA) is 84.5 Å². The van der Waals surface area contributed by atoms with E-state index in [1.807, 2.05) is 38.1 Å². The molecule has 2 rings (SSSR count). The summed E-state index contributed by atoms with van der Waals surface area (Å²) in [5.41, 5.74) is 1.42. The summed E-state index contributed by atoms with van der Waals surface area (Å²) in [5, 5.41) is 2.80. The fourth-order valence-electron chi connectivity index (χ4n) is 2.13. The first-order chi connectivity index (χ1) is 11.8. The van der Waals surface area contributed by atoms with Crippen molar-refractivity contribution in [1.29, 1.82) is 0 Å². The molecule has 0 heterocycles.